The van der Waals surface area contributed by atoms with Crippen molar-refractivity contribution in [2.24, 2.45) is 0 Å². The Morgan fingerprint density at radius 2 is 1.26 bits per heavy atom. The molecule has 0 saturated carbocycles. The van der Waals surface area contributed by atoms with Crippen LogP contribution in [0.5, 0.6) is 0 Å². The highest BCUT2D eigenvalue weighted by atomic mass is 14.1. The molecule has 0 fully saturated rings. The van der Waals surface area contributed by atoms with Crippen LogP contribution in [0.4, 0.5) is 0 Å². The van der Waals surface area contributed by atoms with Gasteiger partial charge in [0.15, 0.2) is 0 Å². The predicted octanol–water partition coefficient (Wildman–Crippen LogP) is 7.04. The molecule has 112 valence electrons. The topological polar surface area (TPSA) is 0 Å². The monoisotopic (exact) mass is 264 g/mol. The fourth-order valence-electron chi connectivity index (χ4n) is 2.19. The number of hydrogen-bond donors (Lipinski definition) is 0. The van der Waals surface area contributed by atoms with Crippen molar-refractivity contribution in [1.82, 2.24) is 0 Å². The van der Waals surface area contributed by atoms with Gasteiger partial charge >= 0.3 is 0 Å². The third-order valence-corrected chi connectivity index (χ3v) is 3.28. The molecule has 0 nitrogen and oxygen atoms in total. The normalized spacial score (nSPS) is 9.32. The van der Waals surface area contributed by atoms with Gasteiger partial charge in [0.25, 0.3) is 0 Å². The molecule has 1 aromatic rings. The van der Waals surface area contributed by atoms with Gasteiger partial charge in [-0.25, -0.2) is 0 Å². The fraction of sp³-hybridized carbons (Fsp3) is 0.684. The van der Waals surface area contributed by atoms with E-state index >= 15 is 0 Å². The summed E-state index contributed by atoms with van der Waals surface area (Å²) in [5, 5.41) is 0. The molecule has 0 bridgehead atoms. The molecule has 0 aliphatic carbocycles. The minimum Gasteiger partial charge on any atom is -0.0683 e. The third kappa shape index (κ3) is 8.08. The highest BCUT2D eigenvalue weighted by Crippen LogP contribution is 2.27. The summed E-state index contributed by atoms with van der Waals surface area (Å²) in [4.78, 5) is 0. The second kappa shape index (κ2) is 13.6. The number of rotatable bonds is 5. The molecule has 0 radical (unpaired) electrons. The molecule has 0 aliphatic rings. The number of benzene rings is 1. The summed E-state index contributed by atoms with van der Waals surface area (Å²) in [6, 6.07) is 6.96. The molecular weight excluding hydrogens is 228 g/mol. The fourth-order valence-corrected chi connectivity index (χ4v) is 2.19. The van der Waals surface area contributed by atoms with Gasteiger partial charge in [-0.3, -0.25) is 0 Å². The Morgan fingerprint density at radius 1 is 0.789 bits per heavy atom. The Hall–Kier alpha value is -0.780. The van der Waals surface area contributed by atoms with Gasteiger partial charge in [-0.1, -0.05) is 72.6 Å². The van der Waals surface area contributed by atoms with Gasteiger partial charge in [0.05, 0.1) is 0 Å². The van der Waals surface area contributed by atoms with Gasteiger partial charge in [-0.2, -0.15) is 0 Å². The maximum absolute atomic E-state index is 2.38. The zero-order valence-corrected chi connectivity index (χ0v) is 14.6. The Kier molecular flexibility index (Phi) is 14.8. The molecule has 0 atom stereocenters. The largest absolute Gasteiger partial charge is 0.0683 e. The van der Waals surface area contributed by atoms with Gasteiger partial charge in [0, 0.05) is 0 Å². The first-order chi connectivity index (χ1) is 9.19. The molecule has 0 aromatic heterocycles. The SMILES string of the molecule is CC.CC.CCCC(CCC)c1ccc(C)c(C)c1. The van der Waals surface area contributed by atoms with Crippen LogP contribution in [0, 0.1) is 13.8 Å². The van der Waals surface area contributed by atoms with Crippen molar-refractivity contribution in [2.75, 3.05) is 0 Å². The van der Waals surface area contributed by atoms with Crippen LogP contribution < -0.4 is 0 Å². The van der Waals surface area contributed by atoms with Crippen molar-refractivity contribution in [1.29, 1.82) is 0 Å². The molecule has 0 unspecified atom stereocenters. The lowest BCUT2D eigenvalue weighted by Gasteiger charge is -2.17. The van der Waals surface area contributed by atoms with E-state index in [0.717, 1.165) is 5.92 Å². The number of aryl methyl sites for hydroxylation is 2. The van der Waals surface area contributed by atoms with Gasteiger partial charge < -0.3 is 0 Å². The van der Waals surface area contributed by atoms with Crippen LogP contribution in [-0.2, 0) is 0 Å². The first-order valence-corrected chi connectivity index (χ1v) is 8.26. The average molecular weight is 264 g/mol. The Morgan fingerprint density at radius 3 is 1.63 bits per heavy atom. The molecule has 1 aromatic carbocycles. The molecule has 1 rings (SSSR count). The van der Waals surface area contributed by atoms with E-state index in [4.69, 9.17) is 0 Å². The van der Waals surface area contributed by atoms with Gasteiger partial charge in [0.1, 0.15) is 0 Å². The second-order valence-electron chi connectivity index (χ2n) is 4.62. The lowest BCUT2D eigenvalue weighted by atomic mass is 9.89. The maximum Gasteiger partial charge on any atom is -0.0162 e. The van der Waals surface area contributed by atoms with Gasteiger partial charge in [-0.05, 0) is 49.3 Å². The van der Waals surface area contributed by atoms with Crippen molar-refractivity contribution in [2.45, 2.75) is 87.0 Å². The first-order valence-electron chi connectivity index (χ1n) is 8.26. The summed E-state index contributed by atoms with van der Waals surface area (Å²) in [7, 11) is 0. The lowest BCUT2D eigenvalue weighted by molar-refractivity contribution is 0.560. The van der Waals surface area contributed by atoms with Crippen molar-refractivity contribution in [3.05, 3.63) is 34.9 Å². The molecule has 0 aliphatic heterocycles. The first kappa shape index (κ1) is 20.5. The zero-order valence-electron chi connectivity index (χ0n) is 14.6. The van der Waals surface area contributed by atoms with E-state index in [2.05, 4.69) is 45.9 Å². The number of hydrogen-bond acceptors (Lipinski definition) is 0. The van der Waals surface area contributed by atoms with Crippen LogP contribution in [0.25, 0.3) is 0 Å². The minimum atomic E-state index is 0.777. The summed E-state index contributed by atoms with van der Waals surface area (Å²) in [5.74, 6) is 0.777. The van der Waals surface area contributed by atoms with Crippen LogP contribution in [0.1, 0.15) is 89.8 Å². The smallest absolute Gasteiger partial charge is 0.0162 e. The van der Waals surface area contributed by atoms with Gasteiger partial charge in [0.2, 0.25) is 0 Å². The lowest BCUT2D eigenvalue weighted by Crippen LogP contribution is -1.99. The van der Waals surface area contributed by atoms with E-state index in [1.165, 1.54) is 36.8 Å². The minimum absolute atomic E-state index is 0.777. The molecule has 0 amide bonds. The summed E-state index contributed by atoms with van der Waals surface area (Å²) in [6.07, 6.45) is 5.24. The van der Waals surface area contributed by atoms with E-state index in [1.54, 1.807) is 5.56 Å². The molecular formula is C19H36. The standard InChI is InChI=1S/C15H24.2C2H6/c1-5-7-14(8-6-2)15-10-9-12(3)13(4)11-15;2*1-2/h9-11,14H,5-8H2,1-4H3;2*1-2H3. The third-order valence-electron chi connectivity index (χ3n) is 3.28. The van der Waals surface area contributed by atoms with Crippen molar-refractivity contribution in [3.8, 4) is 0 Å². The summed E-state index contributed by atoms with van der Waals surface area (Å²) >= 11 is 0. The van der Waals surface area contributed by atoms with Crippen LogP contribution in [0.3, 0.4) is 0 Å². The van der Waals surface area contributed by atoms with Crippen molar-refractivity contribution >= 4 is 0 Å². The van der Waals surface area contributed by atoms with E-state index in [-0.39, 0.29) is 0 Å². The highest BCUT2D eigenvalue weighted by molar-refractivity contribution is 5.31. The van der Waals surface area contributed by atoms with Crippen LogP contribution in [-0.4, -0.2) is 0 Å². The van der Waals surface area contributed by atoms with E-state index in [0.29, 0.717) is 0 Å². The van der Waals surface area contributed by atoms with E-state index in [9.17, 15) is 0 Å². The molecule has 0 spiro atoms. The predicted molar refractivity (Wildman–Crippen MR) is 91.2 cm³/mol. The quantitative estimate of drug-likeness (QED) is 0.535. The van der Waals surface area contributed by atoms with Crippen molar-refractivity contribution < 1.29 is 0 Å². The molecule has 0 saturated heterocycles. The van der Waals surface area contributed by atoms with E-state index in [1.807, 2.05) is 27.7 Å². The van der Waals surface area contributed by atoms with Gasteiger partial charge in [-0.15, -0.1) is 0 Å². The Bertz CT molecular complexity index is 293. The average Bonchev–Trinajstić information content (AvgIpc) is 2.46. The Balaban J connectivity index is 0. The molecule has 0 N–H and O–H groups in total. The summed E-state index contributed by atoms with van der Waals surface area (Å²) in [5.41, 5.74) is 4.39. The molecule has 19 heavy (non-hydrogen) atoms. The summed E-state index contributed by atoms with van der Waals surface area (Å²) < 4.78 is 0. The summed E-state index contributed by atoms with van der Waals surface area (Å²) in [6.45, 7) is 17.0. The van der Waals surface area contributed by atoms with E-state index < -0.39 is 0 Å². The molecule has 0 heterocycles. The van der Waals surface area contributed by atoms with Crippen LogP contribution in [0.15, 0.2) is 18.2 Å². The van der Waals surface area contributed by atoms with Crippen LogP contribution >= 0.6 is 0 Å². The maximum atomic E-state index is 2.38. The second-order valence-corrected chi connectivity index (χ2v) is 4.62. The zero-order chi connectivity index (χ0) is 15.3. The van der Waals surface area contributed by atoms with Crippen molar-refractivity contribution in [3.63, 3.8) is 0 Å². The Labute approximate surface area is 122 Å². The highest BCUT2D eigenvalue weighted by Gasteiger charge is 2.09. The molecule has 0 heteroatoms. The van der Waals surface area contributed by atoms with Crippen LogP contribution in [0.2, 0.25) is 0 Å².